The maximum Gasteiger partial charge on any atom is 0.0201 e. The molecular formula is C14H27IN2. The van der Waals surface area contributed by atoms with Crippen molar-refractivity contribution in [1.29, 1.82) is 0 Å². The van der Waals surface area contributed by atoms with Gasteiger partial charge in [0, 0.05) is 48.0 Å². The summed E-state index contributed by atoms with van der Waals surface area (Å²) in [6.07, 6.45) is 9.95. The Morgan fingerprint density at radius 1 is 1.00 bits per heavy atom. The molecule has 0 N–H and O–H groups in total. The van der Waals surface area contributed by atoms with Crippen molar-refractivity contribution in [2.45, 2.75) is 64.0 Å². The van der Waals surface area contributed by atoms with Crippen molar-refractivity contribution < 1.29 is 0 Å². The minimum Gasteiger partial charge on any atom is -0.300 e. The molecule has 100 valence electrons. The van der Waals surface area contributed by atoms with Crippen LogP contribution in [-0.2, 0) is 0 Å². The first-order valence-electron chi connectivity index (χ1n) is 7.33. The lowest BCUT2D eigenvalue weighted by atomic mass is 9.83. The van der Waals surface area contributed by atoms with Crippen molar-refractivity contribution in [1.82, 2.24) is 8.01 Å². The average molecular weight is 350 g/mol. The van der Waals surface area contributed by atoms with Crippen molar-refractivity contribution in [2.75, 3.05) is 20.1 Å². The highest BCUT2D eigenvalue weighted by Gasteiger charge is 2.29. The molecule has 0 unspecified atom stereocenters. The maximum atomic E-state index is 2.72. The van der Waals surface area contributed by atoms with Gasteiger partial charge < -0.3 is 4.90 Å². The summed E-state index contributed by atoms with van der Waals surface area (Å²) in [4.78, 5) is 2.72. The lowest BCUT2D eigenvalue weighted by Crippen LogP contribution is -2.46. The molecule has 2 rings (SSSR count). The molecule has 0 atom stereocenters. The lowest BCUT2D eigenvalue weighted by molar-refractivity contribution is 0.0927. The van der Waals surface area contributed by atoms with E-state index in [0.717, 1.165) is 18.0 Å². The topological polar surface area (TPSA) is 6.48 Å². The van der Waals surface area contributed by atoms with Crippen LogP contribution in [0.1, 0.15) is 51.9 Å². The van der Waals surface area contributed by atoms with Crippen LogP contribution in [0.15, 0.2) is 0 Å². The van der Waals surface area contributed by atoms with E-state index in [1.807, 2.05) is 0 Å². The second-order valence-electron chi connectivity index (χ2n) is 5.89. The van der Waals surface area contributed by atoms with E-state index in [0.29, 0.717) is 0 Å². The van der Waals surface area contributed by atoms with Crippen LogP contribution in [0.25, 0.3) is 0 Å². The third kappa shape index (κ3) is 3.80. The van der Waals surface area contributed by atoms with Gasteiger partial charge in [0.15, 0.2) is 0 Å². The lowest BCUT2D eigenvalue weighted by Gasteiger charge is -2.41. The molecule has 0 aromatic rings. The van der Waals surface area contributed by atoms with Gasteiger partial charge in [0.25, 0.3) is 0 Å². The molecule has 1 heterocycles. The zero-order valence-corrected chi connectivity index (χ0v) is 13.5. The Morgan fingerprint density at radius 2 is 1.53 bits per heavy atom. The number of piperidine rings is 1. The summed E-state index contributed by atoms with van der Waals surface area (Å²) in [5, 5.41) is 0. The molecule has 0 amide bonds. The Balaban J connectivity index is 1.78. The molecule has 0 aromatic carbocycles. The minimum absolute atomic E-state index is 0.851. The van der Waals surface area contributed by atoms with Crippen molar-refractivity contribution >= 4 is 22.9 Å². The molecule has 2 aliphatic rings. The second-order valence-corrected chi connectivity index (χ2v) is 7.25. The van der Waals surface area contributed by atoms with Gasteiger partial charge in [-0.3, -0.25) is 0 Å². The van der Waals surface area contributed by atoms with Crippen LogP contribution in [0.4, 0.5) is 0 Å². The minimum atomic E-state index is 0.851. The highest BCUT2D eigenvalue weighted by molar-refractivity contribution is 14.1. The van der Waals surface area contributed by atoms with Crippen LogP contribution < -0.4 is 0 Å². The summed E-state index contributed by atoms with van der Waals surface area (Å²) < 4.78 is 2.44. The van der Waals surface area contributed by atoms with E-state index in [1.165, 1.54) is 58.0 Å². The van der Waals surface area contributed by atoms with Crippen LogP contribution >= 0.6 is 22.9 Å². The Hall–Kier alpha value is 0.650. The third-order valence-electron chi connectivity index (χ3n) is 4.96. The second kappa shape index (κ2) is 6.71. The molecule has 1 saturated heterocycles. The van der Waals surface area contributed by atoms with Gasteiger partial charge in [0.2, 0.25) is 0 Å². The Kier molecular flexibility index (Phi) is 5.55. The van der Waals surface area contributed by atoms with Crippen molar-refractivity contribution in [3.8, 4) is 0 Å². The number of halogens is 1. The fraction of sp³-hybridized carbons (Fsp3) is 1.00. The normalized spacial score (nSPS) is 33.2. The standard InChI is InChI=1S/C14H27IN2/c1-3-12-4-6-13(7-5-12)16(2)14-8-10-17(15)11-9-14/h12-14H,3-11H2,1-2H3. The van der Waals surface area contributed by atoms with Gasteiger partial charge in [0.05, 0.1) is 0 Å². The molecule has 0 aromatic heterocycles. The van der Waals surface area contributed by atoms with E-state index in [-0.39, 0.29) is 0 Å². The van der Waals surface area contributed by atoms with Gasteiger partial charge >= 0.3 is 0 Å². The van der Waals surface area contributed by atoms with E-state index in [9.17, 15) is 0 Å². The molecular weight excluding hydrogens is 323 g/mol. The largest absolute Gasteiger partial charge is 0.300 e. The van der Waals surface area contributed by atoms with Crippen LogP contribution in [0.3, 0.4) is 0 Å². The van der Waals surface area contributed by atoms with Crippen LogP contribution in [-0.4, -0.2) is 40.2 Å². The van der Waals surface area contributed by atoms with Gasteiger partial charge in [-0.1, -0.05) is 13.3 Å². The van der Waals surface area contributed by atoms with Gasteiger partial charge in [-0.05, 0) is 51.5 Å². The Bertz CT molecular complexity index is 218. The van der Waals surface area contributed by atoms with Gasteiger partial charge in [0.1, 0.15) is 0 Å². The van der Waals surface area contributed by atoms with Crippen LogP contribution in [0, 0.1) is 5.92 Å². The zero-order valence-electron chi connectivity index (χ0n) is 11.4. The van der Waals surface area contributed by atoms with Crippen molar-refractivity contribution in [2.24, 2.45) is 5.92 Å². The first-order valence-corrected chi connectivity index (χ1v) is 8.29. The zero-order chi connectivity index (χ0) is 12.3. The molecule has 0 bridgehead atoms. The molecule has 0 radical (unpaired) electrons. The molecule has 0 spiro atoms. The highest BCUT2D eigenvalue weighted by atomic mass is 127. The summed E-state index contributed by atoms with van der Waals surface area (Å²) in [6, 6.07) is 1.73. The van der Waals surface area contributed by atoms with Gasteiger partial charge in [-0.25, -0.2) is 3.11 Å². The van der Waals surface area contributed by atoms with Gasteiger partial charge in [-0.15, -0.1) is 0 Å². The SMILES string of the molecule is CCC1CCC(N(C)C2CCN(I)CC2)CC1. The van der Waals surface area contributed by atoms with E-state index in [2.05, 4.69) is 44.8 Å². The van der Waals surface area contributed by atoms with Crippen molar-refractivity contribution in [3.05, 3.63) is 0 Å². The molecule has 3 heteroatoms. The average Bonchev–Trinajstić information content (AvgIpc) is 2.39. The molecule has 17 heavy (non-hydrogen) atoms. The predicted octanol–water partition coefficient (Wildman–Crippen LogP) is 3.70. The first kappa shape index (κ1) is 14.1. The predicted molar refractivity (Wildman–Crippen MR) is 82.4 cm³/mol. The quantitative estimate of drug-likeness (QED) is 0.566. The summed E-state index contributed by atoms with van der Waals surface area (Å²) in [5.74, 6) is 1.02. The molecule has 1 aliphatic heterocycles. The monoisotopic (exact) mass is 350 g/mol. The maximum absolute atomic E-state index is 2.72. The Labute approximate surface area is 121 Å². The van der Waals surface area contributed by atoms with E-state index in [4.69, 9.17) is 0 Å². The number of hydrogen-bond donors (Lipinski definition) is 0. The fourth-order valence-electron chi connectivity index (χ4n) is 3.50. The summed E-state index contributed by atoms with van der Waals surface area (Å²) >= 11 is 2.47. The fourth-order valence-corrected chi connectivity index (χ4v) is 4.06. The number of hydrogen-bond acceptors (Lipinski definition) is 2. The molecule has 1 saturated carbocycles. The van der Waals surface area contributed by atoms with E-state index < -0.39 is 0 Å². The highest BCUT2D eigenvalue weighted by Crippen LogP contribution is 2.31. The summed E-state index contributed by atoms with van der Waals surface area (Å²) in [5.41, 5.74) is 0. The van der Waals surface area contributed by atoms with Crippen LogP contribution in [0.5, 0.6) is 0 Å². The Morgan fingerprint density at radius 3 is 2.06 bits per heavy atom. The first-order chi connectivity index (χ1) is 8.20. The number of rotatable bonds is 3. The molecule has 2 nitrogen and oxygen atoms in total. The summed E-state index contributed by atoms with van der Waals surface area (Å²) in [6.45, 7) is 4.91. The molecule has 2 fully saturated rings. The summed E-state index contributed by atoms with van der Waals surface area (Å²) in [7, 11) is 2.38. The van der Waals surface area contributed by atoms with E-state index in [1.54, 1.807) is 0 Å². The third-order valence-corrected chi connectivity index (χ3v) is 5.92. The van der Waals surface area contributed by atoms with Crippen molar-refractivity contribution in [3.63, 3.8) is 0 Å². The van der Waals surface area contributed by atoms with Crippen LogP contribution in [0.2, 0.25) is 0 Å². The number of nitrogens with zero attached hydrogens (tertiary/aromatic N) is 2. The molecule has 1 aliphatic carbocycles. The van der Waals surface area contributed by atoms with E-state index >= 15 is 0 Å². The smallest absolute Gasteiger partial charge is 0.0201 e. The van der Waals surface area contributed by atoms with Gasteiger partial charge in [-0.2, -0.15) is 0 Å².